The van der Waals surface area contributed by atoms with Gasteiger partial charge in [0.2, 0.25) is 0 Å². The fraction of sp³-hybridized carbons (Fsp3) is 0.478. The van der Waals surface area contributed by atoms with E-state index in [2.05, 4.69) is 89.7 Å². The van der Waals surface area contributed by atoms with E-state index in [1.54, 1.807) is 4.68 Å². The van der Waals surface area contributed by atoms with Gasteiger partial charge in [-0.05, 0) is 11.5 Å². The number of aryl methyl sites for hydroxylation is 1. The lowest BCUT2D eigenvalue weighted by Gasteiger charge is -2.20. The lowest BCUT2D eigenvalue weighted by Crippen LogP contribution is -2.16. The van der Waals surface area contributed by atoms with Crippen LogP contribution in [0.1, 0.15) is 52.9 Å². The maximum absolute atomic E-state index is 7.80. The normalized spacial score (nSPS) is 12.7. The van der Waals surface area contributed by atoms with Crippen molar-refractivity contribution in [3.63, 3.8) is 0 Å². The molecule has 3 rings (SSSR count). The second-order valence-electron chi connectivity index (χ2n) is 9.78. The molecular weight excluding hydrogens is 405 g/mol. The van der Waals surface area contributed by atoms with E-state index in [4.69, 9.17) is 16.8 Å². The van der Waals surface area contributed by atoms with Crippen LogP contribution >= 0.6 is 9.39 Å². The fourth-order valence-corrected chi connectivity index (χ4v) is 4.04. The molecule has 0 aliphatic heterocycles. The quantitative estimate of drug-likeness (QED) is 0.289. The van der Waals surface area contributed by atoms with Crippen LogP contribution < -0.4 is 5.09 Å². The summed E-state index contributed by atoms with van der Waals surface area (Å²) in [6, 6.07) is 8.23. The highest BCUT2D eigenvalue weighted by Crippen LogP contribution is 2.43. The largest absolute Gasteiger partial charge is 0.345 e. The van der Waals surface area contributed by atoms with Crippen molar-refractivity contribution in [2.45, 2.75) is 58.9 Å². The zero-order chi connectivity index (χ0) is 23.0. The molecule has 0 fully saturated rings. The van der Waals surface area contributed by atoms with Crippen LogP contribution in [0.3, 0.4) is 0 Å². The van der Waals surface area contributed by atoms with Crippen LogP contribution in [-0.4, -0.2) is 20.9 Å². The van der Waals surface area contributed by atoms with Crippen molar-refractivity contribution in [3.05, 3.63) is 47.1 Å². The molecule has 0 aliphatic carbocycles. The molecule has 1 atom stereocenters. The SMILES string of the molecule is [C-]#[N+]c1c(C(C)(C)C)nn(CCNP)c1N=Nc1c(C(C)(C)C)n(C)c2ccccc12. The summed E-state index contributed by atoms with van der Waals surface area (Å²) in [6.07, 6.45) is 0. The molecule has 1 aromatic carbocycles. The van der Waals surface area contributed by atoms with Crippen LogP contribution in [-0.2, 0) is 24.4 Å². The van der Waals surface area contributed by atoms with E-state index in [1.165, 1.54) is 0 Å². The van der Waals surface area contributed by atoms with E-state index in [-0.39, 0.29) is 10.8 Å². The van der Waals surface area contributed by atoms with Gasteiger partial charge in [-0.1, -0.05) is 69.1 Å². The lowest BCUT2D eigenvalue weighted by molar-refractivity contribution is 0.533. The number of aromatic nitrogens is 3. The molecule has 2 aromatic heterocycles. The summed E-state index contributed by atoms with van der Waals surface area (Å²) in [5.74, 6) is 0.507. The molecule has 3 aromatic rings. The average molecular weight is 438 g/mol. The van der Waals surface area contributed by atoms with Crippen molar-refractivity contribution in [1.29, 1.82) is 0 Å². The Kier molecular flexibility index (Phi) is 6.36. The monoisotopic (exact) mass is 437 g/mol. The van der Waals surface area contributed by atoms with Crippen LogP contribution in [0, 0.1) is 6.57 Å². The minimum absolute atomic E-state index is 0.120. The van der Waals surface area contributed by atoms with E-state index < -0.39 is 0 Å². The molecule has 0 bridgehead atoms. The average Bonchev–Trinajstić information content (AvgIpc) is 3.19. The van der Waals surface area contributed by atoms with E-state index in [0.717, 1.165) is 28.0 Å². The highest BCUT2D eigenvalue weighted by atomic mass is 31.0. The van der Waals surface area contributed by atoms with Gasteiger partial charge in [0.05, 0.1) is 30.0 Å². The fourth-order valence-electron chi connectivity index (χ4n) is 3.91. The molecule has 0 aliphatic rings. The second-order valence-corrected chi connectivity index (χ2v) is 10.2. The molecule has 2 heterocycles. The first-order chi connectivity index (χ1) is 14.5. The van der Waals surface area contributed by atoms with Gasteiger partial charge in [-0.25, -0.2) is 4.85 Å². The number of hydrogen-bond acceptors (Lipinski definition) is 4. The number of benzene rings is 1. The number of nitrogens with one attached hydrogen (secondary N) is 1. The van der Waals surface area contributed by atoms with Gasteiger partial charge in [-0.15, -0.1) is 10.2 Å². The van der Waals surface area contributed by atoms with Crippen LogP contribution in [0.2, 0.25) is 0 Å². The Morgan fingerprint density at radius 1 is 1.10 bits per heavy atom. The zero-order valence-electron chi connectivity index (χ0n) is 19.5. The predicted octanol–water partition coefficient (Wildman–Crippen LogP) is 6.32. The minimum atomic E-state index is -0.264. The van der Waals surface area contributed by atoms with Crippen LogP contribution in [0.25, 0.3) is 15.7 Å². The summed E-state index contributed by atoms with van der Waals surface area (Å²) in [7, 11) is 4.56. The van der Waals surface area contributed by atoms with Crippen molar-refractivity contribution < 1.29 is 0 Å². The van der Waals surface area contributed by atoms with E-state index >= 15 is 0 Å². The Labute approximate surface area is 187 Å². The number of rotatable bonds is 5. The van der Waals surface area contributed by atoms with Crippen LogP contribution in [0.4, 0.5) is 17.2 Å². The molecule has 0 amide bonds. The first kappa shape index (κ1) is 23.1. The standard InChI is InChI=1S/C23H32N7P/c1-22(2,3)19-18(24-7)21(30(28-19)14-13-25-31)27-26-17-15-11-9-10-12-16(15)29(8)20(17)23(4,5)6/h9-12,25H,13-14,31H2,1-6,8H3. The predicted molar refractivity (Wildman–Crippen MR) is 131 cm³/mol. The number of para-hydroxylation sites is 1. The Morgan fingerprint density at radius 3 is 2.35 bits per heavy atom. The molecular formula is C23H32N7P. The van der Waals surface area contributed by atoms with Crippen molar-refractivity contribution in [1.82, 2.24) is 19.4 Å². The number of azo groups is 1. The Morgan fingerprint density at radius 2 is 1.77 bits per heavy atom. The van der Waals surface area contributed by atoms with Crippen LogP contribution in [0.5, 0.6) is 0 Å². The third-order valence-corrected chi connectivity index (χ3v) is 5.52. The van der Waals surface area contributed by atoms with Crippen LogP contribution in [0.15, 0.2) is 34.5 Å². The van der Waals surface area contributed by atoms with E-state index in [1.807, 2.05) is 12.1 Å². The third-order valence-electron chi connectivity index (χ3n) is 5.23. The van der Waals surface area contributed by atoms with Gasteiger partial charge in [-0.2, -0.15) is 5.10 Å². The summed E-state index contributed by atoms with van der Waals surface area (Å²) in [6.45, 7) is 21.8. The molecule has 0 spiro atoms. The topological polar surface area (TPSA) is 63.9 Å². The van der Waals surface area contributed by atoms with Crippen molar-refractivity contribution >= 4 is 37.5 Å². The van der Waals surface area contributed by atoms with E-state index in [9.17, 15) is 0 Å². The molecule has 31 heavy (non-hydrogen) atoms. The van der Waals surface area contributed by atoms with Gasteiger partial charge in [0, 0.05) is 24.4 Å². The maximum Gasteiger partial charge on any atom is 0.255 e. The van der Waals surface area contributed by atoms with Gasteiger partial charge in [0.25, 0.3) is 5.69 Å². The maximum atomic E-state index is 7.80. The van der Waals surface area contributed by atoms with Crippen molar-refractivity contribution in [2.75, 3.05) is 6.54 Å². The Balaban J connectivity index is 2.24. The number of fused-ring (bicyclic) bond motifs is 1. The first-order valence-electron chi connectivity index (χ1n) is 10.4. The highest BCUT2D eigenvalue weighted by Gasteiger charge is 2.28. The number of nitrogens with zero attached hydrogens (tertiary/aromatic N) is 6. The molecule has 0 saturated carbocycles. The summed E-state index contributed by atoms with van der Waals surface area (Å²) in [5.41, 5.74) is 3.89. The Hall–Kier alpha value is -2.55. The summed E-state index contributed by atoms with van der Waals surface area (Å²) >= 11 is 0. The van der Waals surface area contributed by atoms with Gasteiger partial charge in [0.15, 0.2) is 5.82 Å². The molecule has 1 unspecified atom stereocenters. The molecule has 0 radical (unpaired) electrons. The van der Waals surface area contributed by atoms with Crippen molar-refractivity contribution in [2.24, 2.45) is 17.3 Å². The minimum Gasteiger partial charge on any atom is -0.345 e. The number of hydrogen-bond donors (Lipinski definition) is 1. The zero-order valence-corrected chi connectivity index (χ0v) is 20.6. The van der Waals surface area contributed by atoms with Gasteiger partial charge in [-0.3, -0.25) is 9.77 Å². The smallest absolute Gasteiger partial charge is 0.255 e. The first-order valence-corrected chi connectivity index (χ1v) is 11.0. The highest BCUT2D eigenvalue weighted by molar-refractivity contribution is 7.13. The molecule has 8 heteroatoms. The Bertz CT molecular complexity index is 1160. The molecule has 7 nitrogen and oxygen atoms in total. The third kappa shape index (κ3) is 4.42. The molecule has 1 N–H and O–H groups in total. The van der Waals surface area contributed by atoms with Gasteiger partial charge >= 0.3 is 0 Å². The van der Waals surface area contributed by atoms with Gasteiger partial charge in [0.1, 0.15) is 5.69 Å². The van der Waals surface area contributed by atoms with E-state index in [0.29, 0.717) is 24.6 Å². The summed E-state index contributed by atoms with van der Waals surface area (Å²) in [5, 5.41) is 18.2. The molecule has 0 saturated heterocycles. The van der Waals surface area contributed by atoms with Crippen molar-refractivity contribution in [3.8, 4) is 0 Å². The summed E-state index contributed by atoms with van der Waals surface area (Å²) in [4.78, 5) is 3.80. The van der Waals surface area contributed by atoms with Gasteiger partial charge < -0.3 is 4.57 Å². The second kappa shape index (κ2) is 8.53. The molecule has 164 valence electrons. The lowest BCUT2D eigenvalue weighted by atomic mass is 9.91. The summed E-state index contributed by atoms with van der Waals surface area (Å²) < 4.78 is 3.98.